The normalized spacial score (nSPS) is 14.4. The number of benzene rings is 1. The van der Waals surface area contributed by atoms with E-state index in [2.05, 4.69) is 20.4 Å². The molecular formula is C15H12F3N5. The van der Waals surface area contributed by atoms with Gasteiger partial charge in [0.1, 0.15) is 5.84 Å². The maximum absolute atomic E-state index is 13.4. The smallest absolute Gasteiger partial charge is 0.310 e. The molecule has 0 aliphatic carbocycles. The predicted molar refractivity (Wildman–Crippen MR) is 80.6 cm³/mol. The van der Waals surface area contributed by atoms with Crippen LogP contribution in [0.15, 0.2) is 52.6 Å². The van der Waals surface area contributed by atoms with Crippen LogP contribution >= 0.6 is 0 Å². The molecule has 3 N–H and O–H groups in total. The molecule has 0 spiro atoms. The third kappa shape index (κ3) is 2.93. The number of nitrogens with two attached hydrogens (primary N) is 1. The zero-order chi connectivity index (χ0) is 16.4. The molecule has 0 saturated carbocycles. The van der Waals surface area contributed by atoms with Gasteiger partial charge < -0.3 is 5.43 Å². The van der Waals surface area contributed by atoms with E-state index in [4.69, 9.17) is 5.84 Å². The molecule has 0 atom stereocenters. The van der Waals surface area contributed by atoms with Gasteiger partial charge in [-0.1, -0.05) is 12.1 Å². The topological polar surface area (TPSA) is 75.7 Å². The molecule has 0 fully saturated rings. The summed E-state index contributed by atoms with van der Waals surface area (Å²) in [5.41, 5.74) is 2.09. The summed E-state index contributed by atoms with van der Waals surface area (Å²) in [6, 6.07) is 8.78. The first-order valence-corrected chi connectivity index (χ1v) is 6.71. The molecule has 0 bridgehead atoms. The molecule has 0 amide bonds. The number of alkyl halides is 3. The molecule has 118 valence electrons. The highest BCUT2D eigenvalue weighted by atomic mass is 19.4. The van der Waals surface area contributed by atoms with Crippen LogP contribution in [0.2, 0.25) is 0 Å². The number of halogens is 3. The number of rotatable bonds is 1. The average molecular weight is 319 g/mol. The molecule has 0 unspecified atom stereocenters. The second kappa shape index (κ2) is 5.81. The lowest BCUT2D eigenvalue weighted by Crippen LogP contribution is -2.32. The number of hydrogen-bond donors (Lipinski definition) is 2. The monoisotopic (exact) mass is 319 g/mol. The minimum atomic E-state index is -4.53. The molecule has 1 aromatic heterocycles. The van der Waals surface area contributed by atoms with Crippen LogP contribution in [-0.4, -0.2) is 23.1 Å². The van der Waals surface area contributed by atoms with E-state index in [0.717, 1.165) is 6.07 Å². The number of pyridine rings is 1. The van der Waals surface area contributed by atoms with Gasteiger partial charge in [-0.25, -0.2) is 10.8 Å². The molecule has 0 radical (unpaired) electrons. The van der Waals surface area contributed by atoms with Crippen molar-refractivity contribution in [3.05, 3.63) is 59.4 Å². The largest absolute Gasteiger partial charge is 0.417 e. The summed E-state index contributed by atoms with van der Waals surface area (Å²) in [6.45, 7) is 0.0361. The van der Waals surface area contributed by atoms with Crippen molar-refractivity contribution in [3.8, 4) is 0 Å². The lowest BCUT2D eigenvalue weighted by Gasteiger charge is -2.15. The lowest BCUT2D eigenvalue weighted by molar-refractivity contribution is -0.137. The molecule has 1 aliphatic rings. The summed E-state index contributed by atoms with van der Waals surface area (Å²) in [6.07, 6.45) is -3.03. The predicted octanol–water partition coefficient (Wildman–Crippen LogP) is 2.44. The maximum Gasteiger partial charge on any atom is 0.417 e. The lowest BCUT2D eigenvalue weighted by atomic mass is 9.98. The quantitative estimate of drug-likeness (QED) is 0.626. The molecule has 2 aromatic rings. The molecule has 0 saturated heterocycles. The van der Waals surface area contributed by atoms with Gasteiger partial charge in [-0.2, -0.15) is 13.2 Å². The Kier molecular flexibility index (Phi) is 3.83. The first kappa shape index (κ1) is 15.2. The highest BCUT2D eigenvalue weighted by molar-refractivity contribution is 6.17. The molecule has 5 nitrogen and oxygen atoms in total. The zero-order valence-electron chi connectivity index (χ0n) is 11.8. The van der Waals surface area contributed by atoms with Gasteiger partial charge >= 0.3 is 6.18 Å². The van der Waals surface area contributed by atoms with E-state index < -0.39 is 11.7 Å². The molecule has 2 heterocycles. The van der Waals surface area contributed by atoms with Gasteiger partial charge in [-0.15, -0.1) is 0 Å². The van der Waals surface area contributed by atoms with E-state index in [9.17, 15) is 13.2 Å². The van der Waals surface area contributed by atoms with Gasteiger partial charge in [-0.3, -0.25) is 9.98 Å². The summed E-state index contributed by atoms with van der Waals surface area (Å²) in [4.78, 5) is 12.5. The third-order valence-corrected chi connectivity index (χ3v) is 3.30. The number of hydrazine groups is 1. The van der Waals surface area contributed by atoms with Crippen molar-refractivity contribution >= 4 is 17.2 Å². The van der Waals surface area contributed by atoms with Crippen molar-refractivity contribution in [2.75, 3.05) is 6.54 Å². The van der Waals surface area contributed by atoms with E-state index in [0.29, 0.717) is 5.69 Å². The minimum Gasteiger partial charge on any atom is -0.310 e. The van der Waals surface area contributed by atoms with Crippen LogP contribution in [0.1, 0.15) is 16.8 Å². The van der Waals surface area contributed by atoms with Crippen LogP contribution in [-0.2, 0) is 6.18 Å². The minimum absolute atomic E-state index is 0.0361. The molecule has 3 rings (SSSR count). The summed E-state index contributed by atoms with van der Waals surface area (Å²) < 4.78 is 40.2. The molecule has 23 heavy (non-hydrogen) atoms. The van der Waals surface area contributed by atoms with E-state index in [1.165, 1.54) is 18.3 Å². The Morgan fingerprint density at radius 2 is 1.91 bits per heavy atom. The van der Waals surface area contributed by atoms with Crippen LogP contribution in [0.3, 0.4) is 0 Å². The van der Waals surface area contributed by atoms with Crippen LogP contribution in [0.4, 0.5) is 18.9 Å². The Balaban J connectivity index is 2.29. The van der Waals surface area contributed by atoms with Crippen LogP contribution < -0.4 is 11.3 Å². The van der Waals surface area contributed by atoms with Crippen LogP contribution in [0, 0.1) is 0 Å². The first-order chi connectivity index (χ1) is 11.0. The Morgan fingerprint density at radius 1 is 1.09 bits per heavy atom. The van der Waals surface area contributed by atoms with Gasteiger partial charge in [0.25, 0.3) is 0 Å². The standard InChI is InChI=1S/C15H12F3N5/c16-15(17,18)9-4-3-6-10-13(9)14(11-5-1-2-7-20-11)21-8-12(22-10)23-19/h1-7H,8,19H2,(H,22,23). The fourth-order valence-electron chi connectivity index (χ4n) is 2.32. The zero-order valence-corrected chi connectivity index (χ0v) is 11.8. The van der Waals surface area contributed by atoms with E-state index in [-0.39, 0.29) is 29.3 Å². The second-order valence-electron chi connectivity index (χ2n) is 4.78. The summed E-state index contributed by atoms with van der Waals surface area (Å²) in [7, 11) is 0. The van der Waals surface area contributed by atoms with Gasteiger partial charge in [-0.05, 0) is 24.3 Å². The van der Waals surface area contributed by atoms with E-state index in [1.807, 2.05) is 0 Å². The van der Waals surface area contributed by atoms with Crippen molar-refractivity contribution in [1.29, 1.82) is 0 Å². The van der Waals surface area contributed by atoms with Crippen molar-refractivity contribution in [2.45, 2.75) is 6.18 Å². The molecular weight excluding hydrogens is 307 g/mol. The van der Waals surface area contributed by atoms with Crippen LogP contribution in [0.25, 0.3) is 0 Å². The Bertz CT molecular complexity index is 781. The van der Waals surface area contributed by atoms with Gasteiger partial charge in [0.05, 0.1) is 29.2 Å². The SMILES string of the molecule is NNC1=Nc2cccc(C(F)(F)F)c2C(c2ccccn2)=NC1. The maximum atomic E-state index is 13.4. The summed E-state index contributed by atoms with van der Waals surface area (Å²) in [5, 5.41) is 0. The van der Waals surface area contributed by atoms with Gasteiger partial charge in [0.15, 0.2) is 0 Å². The number of aromatic nitrogens is 1. The molecule has 1 aliphatic heterocycles. The fraction of sp³-hybridized carbons (Fsp3) is 0.133. The highest BCUT2D eigenvalue weighted by Crippen LogP contribution is 2.38. The molecule has 8 heteroatoms. The Labute approximate surface area is 129 Å². The summed E-state index contributed by atoms with van der Waals surface area (Å²) >= 11 is 0. The summed E-state index contributed by atoms with van der Waals surface area (Å²) in [5.74, 6) is 5.62. The van der Waals surface area contributed by atoms with Gasteiger partial charge in [0.2, 0.25) is 0 Å². The van der Waals surface area contributed by atoms with Crippen LogP contribution in [0.5, 0.6) is 0 Å². The van der Waals surface area contributed by atoms with E-state index >= 15 is 0 Å². The second-order valence-corrected chi connectivity index (χ2v) is 4.78. The number of nitrogens with zero attached hydrogens (tertiary/aromatic N) is 3. The van der Waals surface area contributed by atoms with Crippen molar-refractivity contribution in [1.82, 2.24) is 10.4 Å². The number of nitrogens with one attached hydrogen (secondary N) is 1. The number of aliphatic imine (C=N–C) groups is 2. The number of hydrogen-bond acceptors (Lipinski definition) is 5. The highest BCUT2D eigenvalue weighted by Gasteiger charge is 2.36. The Hall–Kier alpha value is -2.74. The first-order valence-electron chi connectivity index (χ1n) is 6.71. The van der Waals surface area contributed by atoms with Crippen molar-refractivity contribution in [3.63, 3.8) is 0 Å². The Morgan fingerprint density at radius 3 is 2.57 bits per heavy atom. The van der Waals surface area contributed by atoms with Gasteiger partial charge in [0, 0.05) is 11.8 Å². The van der Waals surface area contributed by atoms with Crippen molar-refractivity contribution in [2.24, 2.45) is 15.8 Å². The number of fused-ring (bicyclic) bond motifs is 1. The molecule has 1 aromatic carbocycles. The number of amidine groups is 1. The third-order valence-electron chi connectivity index (χ3n) is 3.30. The average Bonchev–Trinajstić information content (AvgIpc) is 2.73. The van der Waals surface area contributed by atoms with E-state index in [1.54, 1.807) is 18.2 Å². The van der Waals surface area contributed by atoms with Crippen molar-refractivity contribution < 1.29 is 13.2 Å². The fourth-order valence-corrected chi connectivity index (χ4v) is 2.32.